The van der Waals surface area contributed by atoms with Crippen molar-refractivity contribution < 1.29 is 18.3 Å². The number of hydrogen-bond acceptors (Lipinski definition) is 4. The number of amides is 1. The Morgan fingerprint density at radius 2 is 2.00 bits per heavy atom. The Hall–Kier alpha value is -1.56. The van der Waals surface area contributed by atoms with Crippen molar-refractivity contribution in [3.63, 3.8) is 0 Å². The van der Waals surface area contributed by atoms with Gasteiger partial charge in [0.1, 0.15) is 15.6 Å². The van der Waals surface area contributed by atoms with Gasteiger partial charge in [0.05, 0.1) is 11.5 Å². The normalized spacial score (nSPS) is 18.9. The number of benzene rings is 1. The highest BCUT2D eigenvalue weighted by molar-refractivity contribution is 7.91. The molecule has 19 heavy (non-hydrogen) atoms. The van der Waals surface area contributed by atoms with E-state index < -0.39 is 9.84 Å². The van der Waals surface area contributed by atoms with Gasteiger partial charge in [0.15, 0.2) is 0 Å². The molecule has 1 aromatic rings. The highest BCUT2D eigenvalue weighted by atomic mass is 32.2. The Balaban J connectivity index is 1.85. The van der Waals surface area contributed by atoms with Crippen molar-refractivity contribution in [1.82, 2.24) is 0 Å². The summed E-state index contributed by atoms with van der Waals surface area (Å²) >= 11 is 0. The van der Waals surface area contributed by atoms with Crippen LogP contribution in [0.3, 0.4) is 0 Å². The van der Waals surface area contributed by atoms with Crippen LogP contribution in [-0.4, -0.2) is 30.9 Å². The van der Waals surface area contributed by atoms with Gasteiger partial charge in [0.2, 0.25) is 5.91 Å². The van der Waals surface area contributed by atoms with Crippen LogP contribution in [-0.2, 0) is 14.6 Å². The summed E-state index contributed by atoms with van der Waals surface area (Å²) in [7, 11) is -2.88. The van der Waals surface area contributed by atoms with Gasteiger partial charge >= 0.3 is 0 Å². The molecule has 0 spiro atoms. The molecule has 2 N–H and O–H groups in total. The van der Waals surface area contributed by atoms with Crippen LogP contribution in [0.2, 0.25) is 0 Å². The molecule has 1 saturated heterocycles. The summed E-state index contributed by atoms with van der Waals surface area (Å²) in [6.07, 6.45) is 1.43. The molecule has 1 aliphatic heterocycles. The molecule has 104 valence electrons. The highest BCUT2D eigenvalue weighted by Gasteiger charge is 2.25. The largest absolute Gasteiger partial charge is 0.508 e. The minimum atomic E-state index is -2.88. The van der Waals surface area contributed by atoms with E-state index in [4.69, 9.17) is 0 Å². The summed E-state index contributed by atoms with van der Waals surface area (Å²) in [5.41, 5.74) is 0.549. The number of sulfone groups is 1. The Bertz CT molecular complexity index is 554. The molecule has 0 aliphatic carbocycles. The van der Waals surface area contributed by atoms with Gasteiger partial charge in [-0.25, -0.2) is 8.42 Å². The van der Waals surface area contributed by atoms with Crippen LogP contribution in [0.5, 0.6) is 5.75 Å². The van der Waals surface area contributed by atoms with Crippen molar-refractivity contribution in [3.8, 4) is 5.75 Å². The minimum absolute atomic E-state index is 0.0987. The fraction of sp³-hybridized carbons (Fsp3) is 0.462. The number of carbonyl (C=O) groups excluding carboxylic acids is 1. The smallest absolute Gasteiger partial charge is 0.224 e. The molecule has 1 aliphatic rings. The third-order valence-corrected chi connectivity index (χ3v) is 4.99. The molecule has 1 amide bonds. The third kappa shape index (κ3) is 4.24. The number of phenolic OH excluding ortho intramolecular Hbond substituents is 1. The summed E-state index contributed by atoms with van der Waals surface area (Å²) in [5, 5.41) is 12.0. The number of rotatable bonds is 3. The highest BCUT2D eigenvalue weighted by Crippen LogP contribution is 2.23. The molecule has 0 bridgehead atoms. The van der Waals surface area contributed by atoms with Gasteiger partial charge in [0.25, 0.3) is 0 Å². The topological polar surface area (TPSA) is 83.5 Å². The molecule has 6 heteroatoms. The molecular weight excluding hydrogens is 266 g/mol. The second kappa shape index (κ2) is 5.61. The Morgan fingerprint density at radius 3 is 2.63 bits per heavy atom. The molecule has 0 radical (unpaired) electrons. The van der Waals surface area contributed by atoms with Gasteiger partial charge in [-0.15, -0.1) is 0 Å². The third-order valence-electron chi connectivity index (χ3n) is 3.28. The van der Waals surface area contributed by atoms with E-state index in [9.17, 15) is 18.3 Å². The first-order chi connectivity index (χ1) is 8.94. The second-order valence-corrected chi connectivity index (χ2v) is 7.20. The maximum absolute atomic E-state index is 11.8. The Labute approximate surface area is 112 Å². The summed E-state index contributed by atoms with van der Waals surface area (Å²) in [5.74, 6) is 0.436. The molecule has 0 unspecified atom stereocenters. The van der Waals surface area contributed by atoms with Crippen LogP contribution in [0.15, 0.2) is 24.3 Å². The first kappa shape index (κ1) is 13.9. The number of aromatic hydroxyl groups is 1. The summed E-state index contributed by atoms with van der Waals surface area (Å²) in [6, 6.07) is 6.35. The zero-order chi connectivity index (χ0) is 13.9. The van der Waals surface area contributed by atoms with E-state index in [1.165, 1.54) is 12.1 Å². The lowest BCUT2D eigenvalue weighted by Crippen LogP contribution is -2.26. The van der Waals surface area contributed by atoms with Gasteiger partial charge in [-0.3, -0.25) is 4.79 Å². The second-order valence-electron chi connectivity index (χ2n) is 4.90. The quantitative estimate of drug-likeness (QED) is 0.881. The van der Waals surface area contributed by atoms with Gasteiger partial charge in [-0.2, -0.15) is 0 Å². The Kier molecular flexibility index (Phi) is 4.09. The average Bonchev–Trinajstić information content (AvgIpc) is 2.32. The zero-order valence-corrected chi connectivity index (χ0v) is 11.3. The first-order valence-corrected chi connectivity index (χ1v) is 8.06. The number of hydrogen-bond donors (Lipinski definition) is 2. The van der Waals surface area contributed by atoms with E-state index in [2.05, 4.69) is 5.32 Å². The van der Waals surface area contributed by atoms with Crippen LogP contribution < -0.4 is 5.32 Å². The van der Waals surface area contributed by atoms with Crippen LogP contribution in [0.1, 0.15) is 19.3 Å². The summed E-state index contributed by atoms with van der Waals surface area (Å²) in [4.78, 5) is 11.8. The molecule has 1 aromatic carbocycles. The fourth-order valence-corrected chi connectivity index (χ4v) is 3.79. The monoisotopic (exact) mass is 283 g/mol. The van der Waals surface area contributed by atoms with E-state index in [1.54, 1.807) is 12.1 Å². The van der Waals surface area contributed by atoms with Crippen molar-refractivity contribution in [2.45, 2.75) is 19.3 Å². The maximum atomic E-state index is 11.8. The summed E-state index contributed by atoms with van der Waals surface area (Å²) in [6.45, 7) is 0. The number of phenols is 1. The standard InChI is InChI=1S/C13H17NO4S/c15-12-3-1-2-11(9-12)14-13(16)8-10-4-6-19(17,18)7-5-10/h1-3,9-10,15H,4-8H2,(H,14,16). The number of nitrogens with one attached hydrogen (secondary N) is 1. The van der Waals surface area contributed by atoms with Crippen molar-refractivity contribution in [1.29, 1.82) is 0 Å². The molecule has 1 heterocycles. The van der Waals surface area contributed by atoms with E-state index in [0.29, 0.717) is 24.9 Å². The van der Waals surface area contributed by atoms with Crippen LogP contribution >= 0.6 is 0 Å². The van der Waals surface area contributed by atoms with E-state index >= 15 is 0 Å². The van der Waals surface area contributed by atoms with E-state index in [1.807, 2.05) is 0 Å². The molecule has 0 aromatic heterocycles. The van der Waals surface area contributed by atoms with Gasteiger partial charge < -0.3 is 10.4 Å². The predicted octanol–water partition coefficient (Wildman–Crippen LogP) is 1.55. The zero-order valence-electron chi connectivity index (χ0n) is 10.5. The van der Waals surface area contributed by atoms with Crippen molar-refractivity contribution in [3.05, 3.63) is 24.3 Å². The number of anilines is 1. The van der Waals surface area contributed by atoms with Gasteiger partial charge in [-0.05, 0) is 30.9 Å². The van der Waals surface area contributed by atoms with Crippen LogP contribution in [0, 0.1) is 5.92 Å². The molecule has 0 saturated carbocycles. The predicted molar refractivity (Wildman–Crippen MR) is 72.7 cm³/mol. The van der Waals surface area contributed by atoms with Crippen molar-refractivity contribution in [2.24, 2.45) is 5.92 Å². The molecule has 2 rings (SSSR count). The molecule has 0 atom stereocenters. The van der Waals surface area contributed by atoms with Gasteiger partial charge in [-0.1, -0.05) is 6.07 Å². The number of carbonyl (C=O) groups is 1. The maximum Gasteiger partial charge on any atom is 0.224 e. The van der Waals surface area contributed by atoms with E-state index in [-0.39, 0.29) is 29.1 Å². The fourth-order valence-electron chi connectivity index (χ4n) is 2.20. The average molecular weight is 283 g/mol. The van der Waals surface area contributed by atoms with Crippen LogP contribution in [0.25, 0.3) is 0 Å². The Morgan fingerprint density at radius 1 is 1.32 bits per heavy atom. The van der Waals surface area contributed by atoms with Crippen molar-refractivity contribution >= 4 is 21.4 Å². The lowest BCUT2D eigenvalue weighted by atomic mass is 9.98. The lowest BCUT2D eigenvalue weighted by molar-refractivity contribution is -0.117. The van der Waals surface area contributed by atoms with Crippen molar-refractivity contribution in [2.75, 3.05) is 16.8 Å². The minimum Gasteiger partial charge on any atom is -0.508 e. The molecule has 5 nitrogen and oxygen atoms in total. The molecular formula is C13H17NO4S. The first-order valence-electron chi connectivity index (χ1n) is 6.24. The van der Waals surface area contributed by atoms with E-state index in [0.717, 1.165) is 0 Å². The van der Waals surface area contributed by atoms with Gasteiger partial charge in [0, 0.05) is 18.2 Å². The van der Waals surface area contributed by atoms with Crippen LogP contribution in [0.4, 0.5) is 5.69 Å². The lowest BCUT2D eigenvalue weighted by Gasteiger charge is -2.21. The summed E-state index contributed by atoms with van der Waals surface area (Å²) < 4.78 is 22.6. The molecule has 1 fully saturated rings. The SMILES string of the molecule is O=C(CC1CCS(=O)(=O)CC1)Nc1cccc(O)c1.